The third-order valence-electron chi connectivity index (χ3n) is 3.11. The van der Waals surface area contributed by atoms with Gasteiger partial charge in [-0.2, -0.15) is 5.10 Å². The summed E-state index contributed by atoms with van der Waals surface area (Å²) in [5.74, 6) is 1.00. The first kappa shape index (κ1) is 12.8. The van der Waals surface area contributed by atoms with Crippen molar-refractivity contribution in [2.45, 2.75) is 33.4 Å². The molecule has 1 aromatic heterocycles. The van der Waals surface area contributed by atoms with Gasteiger partial charge in [0.25, 0.3) is 0 Å². The number of hydrogen-bond donors (Lipinski definition) is 1. The van der Waals surface area contributed by atoms with Gasteiger partial charge in [-0.25, -0.2) is 9.67 Å². The van der Waals surface area contributed by atoms with Crippen molar-refractivity contribution < 1.29 is 0 Å². The molecule has 0 saturated heterocycles. The second kappa shape index (κ2) is 6.31. The lowest BCUT2D eigenvalue weighted by atomic mass is 10.1. The summed E-state index contributed by atoms with van der Waals surface area (Å²) >= 11 is 0. The second-order valence-electron chi connectivity index (χ2n) is 4.35. The zero-order valence-electron chi connectivity index (χ0n) is 11.1. The summed E-state index contributed by atoms with van der Waals surface area (Å²) in [7, 11) is 0. The van der Waals surface area contributed by atoms with Crippen molar-refractivity contribution in [1.82, 2.24) is 20.1 Å². The minimum absolute atomic E-state index is 0.778. The molecule has 0 aliphatic rings. The van der Waals surface area contributed by atoms with Crippen molar-refractivity contribution in [1.29, 1.82) is 0 Å². The Morgan fingerprint density at radius 1 is 1.28 bits per heavy atom. The van der Waals surface area contributed by atoms with E-state index < -0.39 is 0 Å². The second-order valence-corrected chi connectivity index (χ2v) is 4.35. The summed E-state index contributed by atoms with van der Waals surface area (Å²) in [4.78, 5) is 4.24. The first-order chi connectivity index (χ1) is 8.81. The highest BCUT2D eigenvalue weighted by atomic mass is 15.3. The molecule has 96 valence electrons. The van der Waals surface area contributed by atoms with Crippen molar-refractivity contribution >= 4 is 0 Å². The van der Waals surface area contributed by atoms with Gasteiger partial charge in [-0.3, -0.25) is 0 Å². The Morgan fingerprint density at radius 3 is 2.89 bits per heavy atom. The average Bonchev–Trinajstić information content (AvgIpc) is 2.84. The average molecular weight is 244 g/mol. The lowest BCUT2D eigenvalue weighted by Gasteiger charge is -2.07. The number of benzene rings is 1. The Kier molecular flexibility index (Phi) is 4.47. The SMILES string of the molecule is CCn1ncnc1CNCCc1ccccc1C. The van der Waals surface area contributed by atoms with E-state index in [1.165, 1.54) is 11.1 Å². The van der Waals surface area contributed by atoms with Crippen LogP contribution < -0.4 is 5.32 Å². The molecule has 2 aromatic rings. The predicted molar refractivity (Wildman–Crippen MR) is 72.3 cm³/mol. The molecule has 0 spiro atoms. The summed E-state index contributed by atoms with van der Waals surface area (Å²) in [5, 5.41) is 7.57. The zero-order chi connectivity index (χ0) is 12.8. The summed E-state index contributed by atoms with van der Waals surface area (Å²) < 4.78 is 1.92. The minimum atomic E-state index is 0.778. The number of aryl methyl sites for hydroxylation is 2. The molecule has 0 unspecified atom stereocenters. The molecule has 1 heterocycles. The monoisotopic (exact) mass is 244 g/mol. The van der Waals surface area contributed by atoms with Crippen LogP contribution in [-0.4, -0.2) is 21.3 Å². The van der Waals surface area contributed by atoms with E-state index in [1.54, 1.807) is 6.33 Å². The standard InChI is InChI=1S/C14H20N4/c1-3-18-14(16-11-17-18)10-15-9-8-13-7-5-4-6-12(13)2/h4-7,11,15H,3,8-10H2,1-2H3. The maximum Gasteiger partial charge on any atom is 0.140 e. The third-order valence-corrected chi connectivity index (χ3v) is 3.11. The van der Waals surface area contributed by atoms with Crippen LogP contribution in [0, 0.1) is 6.92 Å². The van der Waals surface area contributed by atoms with E-state index in [9.17, 15) is 0 Å². The van der Waals surface area contributed by atoms with E-state index in [0.29, 0.717) is 0 Å². The highest BCUT2D eigenvalue weighted by Gasteiger charge is 2.02. The van der Waals surface area contributed by atoms with Crippen LogP contribution in [0.2, 0.25) is 0 Å². The molecular formula is C14H20N4. The first-order valence-electron chi connectivity index (χ1n) is 6.43. The van der Waals surface area contributed by atoms with Crippen molar-refractivity contribution in [3.63, 3.8) is 0 Å². The quantitative estimate of drug-likeness (QED) is 0.790. The molecule has 1 aromatic carbocycles. The number of hydrogen-bond acceptors (Lipinski definition) is 3. The molecule has 0 radical (unpaired) electrons. The summed E-state index contributed by atoms with van der Waals surface area (Å²) in [6, 6.07) is 8.51. The van der Waals surface area contributed by atoms with Crippen LogP contribution in [0.1, 0.15) is 23.9 Å². The van der Waals surface area contributed by atoms with E-state index in [1.807, 2.05) is 4.68 Å². The first-order valence-corrected chi connectivity index (χ1v) is 6.43. The number of aromatic nitrogens is 3. The van der Waals surface area contributed by atoms with Crippen LogP contribution in [0.25, 0.3) is 0 Å². The fourth-order valence-corrected chi connectivity index (χ4v) is 2.00. The molecule has 4 nitrogen and oxygen atoms in total. The number of nitrogens with one attached hydrogen (secondary N) is 1. The van der Waals surface area contributed by atoms with Crippen molar-refractivity contribution in [2.75, 3.05) is 6.54 Å². The van der Waals surface area contributed by atoms with Crippen molar-refractivity contribution in [2.24, 2.45) is 0 Å². The van der Waals surface area contributed by atoms with E-state index in [2.05, 4.69) is 53.5 Å². The maximum absolute atomic E-state index is 4.24. The van der Waals surface area contributed by atoms with Gasteiger partial charge < -0.3 is 5.32 Å². The lowest BCUT2D eigenvalue weighted by molar-refractivity contribution is 0.573. The van der Waals surface area contributed by atoms with Crippen molar-refractivity contribution in [3.8, 4) is 0 Å². The van der Waals surface area contributed by atoms with E-state index >= 15 is 0 Å². The van der Waals surface area contributed by atoms with E-state index in [-0.39, 0.29) is 0 Å². The van der Waals surface area contributed by atoms with E-state index in [0.717, 1.165) is 31.9 Å². The van der Waals surface area contributed by atoms with Crippen LogP contribution >= 0.6 is 0 Å². The fraction of sp³-hybridized carbons (Fsp3) is 0.429. The molecule has 2 rings (SSSR count). The van der Waals surface area contributed by atoms with Gasteiger partial charge >= 0.3 is 0 Å². The van der Waals surface area contributed by atoms with Gasteiger partial charge in [-0.05, 0) is 37.9 Å². The largest absolute Gasteiger partial charge is 0.310 e. The van der Waals surface area contributed by atoms with Crippen LogP contribution in [0.15, 0.2) is 30.6 Å². The Morgan fingerprint density at radius 2 is 2.11 bits per heavy atom. The van der Waals surface area contributed by atoms with Gasteiger partial charge in [0.05, 0.1) is 6.54 Å². The molecule has 0 atom stereocenters. The minimum Gasteiger partial charge on any atom is -0.310 e. The van der Waals surface area contributed by atoms with Gasteiger partial charge in [0.2, 0.25) is 0 Å². The molecule has 0 fully saturated rings. The lowest BCUT2D eigenvalue weighted by Crippen LogP contribution is -2.20. The topological polar surface area (TPSA) is 42.7 Å². The van der Waals surface area contributed by atoms with Crippen LogP contribution in [0.4, 0.5) is 0 Å². The highest BCUT2D eigenvalue weighted by molar-refractivity contribution is 5.25. The predicted octanol–water partition coefficient (Wildman–Crippen LogP) is 1.94. The van der Waals surface area contributed by atoms with Gasteiger partial charge in [0.1, 0.15) is 12.2 Å². The van der Waals surface area contributed by atoms with Gasteiger partial charge in [0.15, 0.2) is 0 Å². The fourth-order valence-electron chi connectivity index (χ4n) is 2.00. The Bertz CT molecular complexity index is 490. The Balaban J connectivity index is 1.78. The summed E-state index contributed by atoms with van der Waals surface area (Å²) in [6.07, 6.45) is 2.66. The third kappa shape index (κ3) is 3.17. The zero-order valence-corrected chi connectivity index (χ0v) is 11.1. The maximum atomic E-state index is 4.24. The van der Waals surface area contributed by atoms with Gasteiger partial charge in [0, 0.05) is 6.54 Å². The molecule has 0 saturated carbocycles. The molecule has 0 aliphatic heterocycles. The molecule has 1 N–H and O–H groups in total. The smallest absolute Gasteiger partial charge is 0.140 e. The molecule has 0 aliphatic carbocycles. The van der Waals surface area contributed by atoms with Crippen LogP contribution in [0.5, 0.6) is 0 Å². The highest BCUT2D eigenvalue weighted by Crippen LogP contribution is 2.06. The molecule has 4 heteroatoms. The Labute approximate surface area is 108 Å². The van der Waals surface area contributed by atoms with Crippen LogP contribution in [-0.2, 0) is 19.5 Å². The Hall–Kier alpha value is -1.68. The molecule has 0 amide bonds. The van der Waals surface area contributed by atoms with Gasteiger partial charge in [-0.1, -0.05) is 24.3 Å². The number of rotatable bonds is 6. The summed E-state index contributed by atoms with van der Waals surface area (Å²) in [6.45, 7) is 6.84. The summed E-state index contributed by atoms with van der Waals surface area (Å²) in [5.41, 5.74) is 2.76. The van der Waals surface area contributed by atoms with Crippen molar-refractivity contribution in [3.05, 3.63) is 47.5 Å². The van der Waals surface area contributed by atoms with Gasteiger partial charge in [-0.15, -0.1) is 0 Å². The molecular weight excluding hydrogens is 224 g/mol. The molecule has 18 heavy (non-hydrogen) atoms. The van der Waals surface area contributed by atoms with Crippen LogP contribution in [0.3, 0.4) is 0 Å². The number of nitrogens with zero attached hydrogens (tertiary/aromatic N) is 3. The molecule has 0 bridgehead atoms. The van der Waals surface area contributed by atoms with E-state index in [4.69, 9.17) is 0 Å². The normalized spacial score (nSPS) is 10.8.